The topological polar surface area (TPSA) is 52.6 Å². The minimum absolute atomic E-state index is 0.110. The van der Waals surface area contributed by atoms with Crippen molar-refractivity contribution in [2.24, 2.45) is 23.7 Å². The van der Waals surface area contributed by atoms with Gasteiger partial charge in [0, 0.05) is 0 Å². The van der Waals surface area contributed by atoms with Gasteiger partial charge in [-0.05, 0) is 43.9 Å². The summed E-state index contributed by atoms with van der Waals surface area (Å²) >= 11 is 0. The summed E-state index contributed by atoms with van der Waals surface area (Å²) < 4.78 is 11.0. The van der Waals surface area contributed by atoms with Gasteiger partial charge in [-0.2, -0.15) is 0 Å². The predicted octanol–water partition coefficient (Wildman–Crippen LogP) is 7.09. The molecular weight excluding hydrogens is 376 g/mol. The first-order valence-corrected chi connectivity index (χ1v) is 12.7. The molecule has 2 unspecified atom stereocenters. The fourth-order valence-electron chi connectivity index (χ4n) is 4.22. The molecule has 30 heavy (non-hydrogen) atoms. The quantitative estimate of drug-likeness (QED) is 0.196. The Morgan fingerprint density at radius 1 is 0.667 bits per heavy atom. The molecule has 0 bridgehead atoms. The van der Waals surface area contributed by atoms with E-state index in [0.717, 1.165) is 56.8 Å². The van der Waals surface area contributed by atoms with Gasteiger partial charge in [-0.1, -0.05) is 85.5 Å². The monoisotopic (exact) mass is 424 g/mol. The van der Waals surface area contributed by atoms with Crippen molar-refractivity contribution in [3.05, 3.63) is 0 Å². The van der Waals surface area contributed by atoms with Crippen LogP contribution >= 0.6 is 0 Å². The summed E-state index contributed by atoms with van der Waals surface area (Å²) in [5.41, 5.74) is 0. The van der Waals surface area contributed by atoms with Crippen molar-refractivity contribution in [2.45, 2.75) is 118 Å². The maximum atomic E-state index is 12.4. The summed E-state index contributed by atoms with van der Waals surface area (Å²) in [7, 11) is 0. The highest BCUT2D eigenvalue weighted by Gasteiger charge is 2.32. The van der Waals surface area contributed by atoms with Gasteiger partial charge in [0.25, 0.3) is 0 Å². The van der Waals surface area contributed by atoms with Crippen LogP contribution < -0.4 is 0 Å². The van der Waals surface area contributed by atoms with Gasteiger partial charge in [0.05, 0.1) is 25.0 Å². The normalized spacial score (nSPS) is 19.3. The van der Waals surface area contributed by atoms with E-state index in [1.54, 1.807) is 0 Å². The number of rotatable bonds is 16. The van der Waals surface area contributed by atoms with Gasteiger partial charge in [0.2, 0.25) is 0 Å². The Morgan fingerprint density at radius 3 is 1.53 bits per heavy atom. The fourth-order valence-corrected chi connectivity index (χ4v) is 4.22. The number of hydrogen-bond donors (Lipinski definition) is 0. The third kappa shape index (κ3) is 13.3. The molecule has 0 aliphatic heterocycles. The summed E-state index contributed by atoms with van der Waals surface area (Å²) in [6.07, 6.45) is 14.8. The van der Waals surface area contributed by atoms with E-state index in [4.69, 9.17) is 9.47 Å². The van der Waals surface area contributed by atoms with Gasteiger partial charge in [0.15, 0.2) is 0 Å². The SMILES string of the molecule is CC(C)CCCCCCCOC(=O)C1CCCC(C(=O)OCCCCCC(C)C)C1. The van der Waals surface area contributed by atoms with Crippen LogP contribution in [0.15, 0.2) is 0 Å². The zero-order valence-corrected chi connectivity index (χ0v) is 20.3. The zero-order valence-electron chi connectivity index (χ0n) is 20.3. The average Bonchev–Trinajstić information content (AvgIpc) is 2.71. The lowest BCUT2D eigenvalue weighted by molar-refractivity contribution is -0.155. The van der Waals surface area contributed by atoms with Crippen LogP contribution in [0, 0.1) is 23.7 Å². The molecule has 1 aliphatic rings. The van der Waals surface area contributed by atoms with Crippen molar-refractivity contribution in [3.63, 3.8) is 0 Å². The number of carbonyl (C=O) groups is 2. The van der Waals surface area contributed by atoms with Crippen LogP contribution in [-0.2, 0) is 19.1 Å². The Hall–Kier alpha value is -1.06. The van der Waals surface area contributed by atoms with Crippen LogP contribution in [0.2, 0.25) is 0 Å². The molecule has 0 spiro atoms. The van der Waals surface area contributed by atoms with E-state index in [2.05, 4.69) is 27.7 Å². The van der Waals surface area contributed by atoms with Gasteiger partial charge in [-0.15, -0.1) is 0 Å². The molecular formula is C26H48O4. The molecule has 0 aromatic carbocycles. The molecule has 2 atom stereocenters. The van der Waals surface area contributed by atoms with Crippen molar-refractivity contribution in [1.29, 1.82) is 0 Å². The highest BCUT2D eigenvalue weighted by atomic mass is 16.5. The van der Waals surface area contributed by atoms with E-state index < -0.39 is 0 Å². The fraction of sp³-hybridized carbons (Fsp3) is 0.923. The van der Waals surface area contributed by atoms with E-state index in [9.17, 15) is 9.59 Å². The summed E-state index contributed by atoms with van der Waals surface area (Å²) in [5.74, 6) is 1.04. The summed E-state index contributed by atoms with van der Waals surface area (Å²) in [6.45, 7) is 10.0. The third-order valence-corrected chi connectivity index (χ3v) is 6.18. The lowest BCUT2D eigenvalue weighted by atomic mass is 9.81. The van der Waals surface area contributed by atoms with Crippen molar-refractivity contribution in [2.75, 3.05) is 13.2 Å². The minimum atomic E-state index is -0.132. The first-order valence-electron chi connectivity index (χ1n) is 12.7. The highest BCUT2D eigenvalue weighted by Crippen LogP contribution is 2.31. The Morgan fingerprint density at radius 2 is 1.07 bits per heavy atom. The molecule has 0 amide bonds. The Balaban J connectivity index is 2.11. The van der Waals surface area contributed by atoms with Gasteiger partial charge >= 0.3 is 11.9 Å². The molecule has 0 N–H and O–H groups in total. The first-order chi connectivity index (χ1) is 14.4. The molecule has 1 aliphatic carbocycles. The average molecular weight is 425 g/mol. The second-order valence-corrected chi connectivity index (χ2v) is 10.1. The van der Waals surface area contributed by atoms with Gasteiger partial charge in [0.1, 0.15) is 0 Å². The second-order valence-electron chi connectivity index (χ2n) is 10.1. The largest absolute Gasteiger partial charge is 0.465 e. The van der Waals surface area contributed by atoms with E-state index in [-0.39, 0.29) is 23.8 Å². The number of hydrogen-bond acceptors (Lipinski definition) is 4. The smallest absolute Gasteiger partial charge is 0.308 e. The second kappa shape index (κ2) is 16.6. The molecule has 0 aromatic rings. The predicted molar refractivity (Wildman–Crippen MR) is 123 cm³/mol. The first kappa shape index (κ1) is 27.0. The maximum Gasteiger partial charge on any atom is 0.308 e. The molecule has 0 heterocycles. The molecule has 176 valence electrons. The van der Waals surface area contributed by atoms with Crippen LogP contribution in [0.1, 0.15) is 118 Å². The Bertz CT molecular complexity index is 458. The molecule has 1 rings (SSSR count). The van der Waals surface area contributed by atoms with Crippen LogP contribution in [0.3, 0.4) is 0 Å². The van der Waals surface area contributed by atoms with Crippen LogP contribution in [0.25, 0.3) is 0 Å². The van der Waals surface area contributed by atoms with Gasteiger partial charge < -0.3 is 9.47 Å². The summed E-state index contributed by atoms with van der Waals surface area (Å²) in [4.78, 5) is 24.7. The van der Waals surface area contributed by atoms with Crippen LogP contribution in [0.5, 0.6) is 0 Å². The number of unbranched alkanes of at least 4 members (excludes halogenated alkanes) is 6. The summed E-state index contributed by atoms with van der Waals surface area (Å²) in [6, 6.07) is 0. The number of ether oxygens (including phenoxy) is 2. The molecule has 4 nitrogen and oxygen atoms in total. The summed E-state index contributed by atoms with van der Waals surface area (Å²) in [5, 5.41) is 0. The van der Waals surface area contributed by atoms with Crippen molar-refractivity contribution in [3.8, 4) is 0 Å². The lowest BCUT2D eigenvalue weighted by Gasteiger charge is -2.26. The van der Waals surface area contributed by atoms with Crippen molar-refractivity contribution < 1.29 is 19.1 Å². The lowest BCUT2D eigenvalue weighted by Crippen LogP contribution is -2.30. The van der Waals surface area contributed by atoms with Gasteiger partial charge in [-0.3, -0.25) is 9.59 Å². The third-order valence-electron chi connectivity index (χ3n) is 6.18. The minimum Gasteiger partial charge on any atom is -0.465 e. The molecule has 0 radical (unpaired) electrons. The molecule has 1 fully saturated rings. The molecule has 0 saturated heterocycles. The molecule has 1 saturated carbocycles. The van der Waals surface area contributed by atoms with Crippen molar-refractivity contribution in [1.82, 2.24) is 0 Å². The van der Waals surface area contributed by atoms with E-state index in [1.165, 1.54) is 38.5 Å². The Labute approximate surface area is 185 Å². The molecule has 0 aromatic heterocycles. The Kier molecular flexibility index (Phi) is 14.9. The zero-order chi connectivity index (χ0) is 22.2. The standard InChI is InChI=1S/C26H48O4/c1-21(2)14-9-6-5-7-11-18-29-25(27)23-16-13-17-24(20-23)26(28)30-19-12-8-10-15-22(3)4/h21-24H,5-20H2,1-4H3. The van der Waals surface area contributed by atoms with Crippen molar-refractivity contribution >= 4 is 11.9 Å². The van der Waals surface area contributed by atoms with Crippen LogP contribution in [0.4, 0.5) is 0 Å². The number of carbonyl (C=O) groups excluding carboxylic acids is 2. The highest BCUT2D eigenvalue weighted by molar-refractivity contribution is 5.76. The molecule has 4 heteroatoms. The van der Waals surface area contributed by atoms with E-state index in [0.29, 0.717) is 19.6 Å². The van der Waals surface area contributed by atoms with E-state index >= 15 is 0 Å². The number of esters is 2. The van der Waals surface area contributed by atoms with Crippen LogP contribution in [-0.4, -0.2) is 25.2 Å². The van der Waals surface area contributed by atoms with E-state index in [1.807, 2.05) is 0 Å². The van der Waals surface area contributed by atoms with Gasteiger partial charge in [-0.25, -0.2) is 0 Å². The maximum absolute atomic E-state index is 12.4.